The number of nitrogens with one attached hydrogen (secondary N) is 1. The second-order valence-electron chi connectivity index (χ2n) is 6.52. The van der Waals surface area contributed by atoms with Crippen LogP contribution in [0.3, 0.4) is 0 Å². The smallest absolute Gasteiger partial charge is 0.229 e. The van der Waals surface area contributed by atoms with Crippen LogP contribution in [0.1, 0.15) is 19.3 Å². The second kappa shape index (κ2) is 6.40. The molecule has 6 nitrogen and oxygen atoms in total. The Balaban J connectivity index is 1.34. The fraction of sp³-hybridized carbons (Fsp3) is 0.389. The average molecular weight is 343 g/mol. The van der Waals surface area contributed by atoms with Gasteiger partial charge in [0.25, 0.3) is 0 Å². The Labute approximate surface area is 144 Å². The summed E-state index contributed by atoms with van der Waals surface area (Å²) in [5.41, 5.74) is 0.139. The lowest BCUT2D eigenvalue weighted by Crippen LogP contribution is -2.24. The molecule has 3 heterocycles. The molecule has 1 saturated carbocycles. The van der Waals surface area contributed by atoms with E-state index in [2.05, 4.69) is 15.3 Å². The molecular weight excluding hydrogens is 325 g/mol. The molecular formula is C18H18FN3O3. The molecule has 1 spiro atoms. The molecule has 1 aliphatic heterocycles. The molecule has 25 heavy (non-hydrogen) atoms. The maximum Gasteiger partial charge on any atom is 0.229 e. The zero-order chi connectivity index (χ0) is 17.3. The lowest BCUT2D eigenvalue weighted by Gasteiger charge is -2.22. The monoisotopic (exact) mass is 343 g/mol. The number of aromatic nitrogens is 2. The van der Waals surface area contributed by atoms with Crippen molar-refractivity contribution in [2.75, 3.05) is 18.5 Å². The standard InChI is InChI=1S/C18H18FN3O3/c19-12-1-4-16(21-10-12)25-13-2-3-15(20-11-13)22-17(23)14-9-18(14)5-7-24-8-6-18/h1-4,10-11,14H,5-9H2,(H,20,22,23). The summed E-state index contributed by atoms with van der Waals surface area (Å²) < 4.78 is 23.7. The summed E-state index contributed by atoms with van der Waals surface area (Å²) in [6.07, 6.45) is 5.42. The number of hydrogen-bond acceptors (Lipinski definition) is 5. The predicted octanol–water partition coefficient (Wildman–Crippen LogP) is 3.16. The Morgan fingerprint density at radius 1 is 1.20 bits per heavy atom. The van der Waals surface area contributed by atoms with Gasteiger partial charge in [-0.15, -0.1) is 0 Å². The number of halogens is 1. The maximum atomic E-state index is 12.8. The Hall–Kier alpha value is -2.54. The maximum absolute atomic E-state index is 12.8. The first-order chi connectivity index (χ1) is 12.1. The third-order valence-electron chi connectivity index (χ3n) is 4.91. The summed E-state index contributed by atoms with van der Waals surface area (Å²) in [5, 5.41) is 2.86. The largest absolute Gasteiger partial charge is 0.437 e. The number of rotatable bonds is 4. The molecule has 2 aromatic rings. The van der Waals surface area contributed by atoms with Gasteiger partial charge >= 0.3 is 0 Å². The van der Waals surface area contributed by atoms with Gasteiger partial charge in [-0.25, -0.2) is 14.4 Å². The van der Waals surface area contributed by atoms with Crippen LogP contribution in [0.15, 0.2) is 36.7 Å². The van der Waals surface area contributed by atoms with Gasteiger partial charge in [0, 0.05) is 25.2 Å². The number of pyridine rings is 2. The van der Waals surface area contributed by atoms with E-state index in [-0.39, 0.29) is 23.1 Å². The summed E-state index contributed by atoms with van der Waals surface area (Å²) in [6, 6.07) is 6.07. The van der Waals surface area contributed by atoms with E-state index in [1.807, 2.05) is 0 Å². The minimum absolute atomic E-state index is 0.0169. The highest BCUT2D eigenvalue weighted by atomic mass is 19.1. The third kappa shape index (κ3) is 3.46. The molecule has 7 heteroatoms. The quantitative estimate of drug-likeness (QED) is 0.923. The fourth-order valence-electron chi connectivity index (χ4n) is 3.32. The van der Waals surface area contributed by atoms with Crippen LogP contribution in [0.4, 0.5) is 10.2 Å². The fourth-order valence-corrected chi connectivity index (χ4v) is 3.32. The van der Waals surface area contributed by atoms with Crippen molar-refractivity contribution in [1.29, 1.82) is 0 Å². The van der Waals surface area contributed by atoms with Crippen molar-refractivity contribution in [3.63, 3.8) is 0 Å². The van der Waals surface area contributed by atoms with Gasteiger partial charge in [0.05, 0.1) is 12.4 Å². The molecule has 2 fully saturated rings. The van der Waals surface area contributed by atoms with Crippen molar-refractivity contribution in [2.24, 2.45) is 11.3 Å². The van der Waals surface area contributed by atoms with Crippen LogP contribution in [0.5, 0.6) is 11.6 Å². The number of carbonyl (C=O) groups is 1. The highest BCUT2D eigenvalue weighted by Crippen LogP contribution is 2.59. The van der Waals surface area contributed by atoms with Gasteiger partial charge in [0.2, 0.25) is 11.8 Å². The minimum atomic E-state index is -0.425. The first-order valence-electron chi connectivity index (χ1n) is 8.29. The molecule has 2 aliphatic rings. The second-order valence-corrected chi connectivity index (χ2v) is 6.52. The van der Waals surface area contributed by atoms with Crippen molar-refractivity contribution in [3.8, 4) is 11.6 Å². The molecule has 1 unspecified atom stereocenters. The van der Waals surface area contributed by atoms with E-state index in [0.29, 0.717) is 11.6 Å². The van der Waals surface area contributed by atoms with E-state index in [4.69, 9.17) is 9.47 Å². The summed E-state index contributed by atoms with van der Waals surface area (Å²) in [5.74, 6) is 0.870. The van der Waals surface area contributed by atoms with Crippen LogP contribution < -0.4 is 10.1 Å². The van der Waals surface area contributed by atoms with Crippen LogP contribution in [0.2, 0.25) is 0 Å². The number of anilines is 1. The Morgan fingerprint density at radius 2 is 2.04 bits per heavy atom. The summed E-state index contributed by atoms with van der Waals surface area (Å²) in [6.45, 7) is 1.48. The van der Waals surface area contributed by atoms with Crippen molar-refractivity contribution in [3.05, 3.63) is 42.5 Å². The van der Waals surface area contributed by atoms with Gasteiger partial charge in [-0.2, -0.15) is 0 Å². The van der Waals surface area contributed by atoms with E-state index in [0.717, 1.165) is 38.7 Å². The molecule has 1 saturated heterocycles. The molecule has 130 valence electrons. The van der Waals surface area contributed by atoms with Crippen LogP contribution in [0, 0.1) is 17.2 Å². The number of ether oxygens (including phenoxy) is 2. The predicted molar refractivity (Wildman–Crippen MR) is 87.7 cm³/mol. The van der Waals surface area contributed by atoms with Gasteiger partial charge < -0.3 is 14.8 Å². The van der Waals surface area contributed by atoms with Crippen LogP contribution >= 0.6 is 0 Å². The van der Waals surface area contributed by atoms with E-state index in [1.54, 1.807) is 12.1 Å². The van der Waals surface area contributed by atoms with Gasteiger partial charge in [-0.05, 0) is 42.9 Å². The number of carbonyl (C=O) groups excluding carboxylic acids is 1. The van der Waals surface area contributed by atoms with E-state index in [1.165, 1.54) is 18.3 Å². The lowest BCUT2D eigenvalue weighted by molar-refractivity contribution is -0.118. The van der Waals surface area contributed by atoms with Crippen LogP contribution in [-0.4, -0.2) is 29.1 Å². The highest BCUT2D eigenvalue weighted by Gasteiger charge is 2.58. The molecule has 0 radical (unpaired) electrons. The molecule has 1 amide bonds. The molecule has 2 aromatic heterocycles. The van der Waals surface area contributed by atoms with Crippen molar-refractivity contribution in [1.82, 2.24) is 9.97 Å². The van der Waals surface area contributed by atoms with Gasteiger partial charge in [-0.1, -0.05) is 0 Å². The van der Waals surface area contributed by atoms with Crippen molar-refractivity contribution < 1.29 is 18.7 Å². The zero-order valence-corrected chi connectivity index (χ0v) is 13.6. The highest BCUT2D eigenvalue weighted by molar-refractivity contribution is 5.94. The van der Waals surface area contributed by atoms with Gasteiger partial charge in [0.15, 0.2) is 0 Å². The van der Waals surface area contributed by atoms with Gasteiger partial charge in [-0.3, -0.25) is 4.79 Å². The SMILES string of the molecule is O=C(Nc1ccc(Oc2ccc(F)cn2)cn1)C1CC12CCOCC2. The Kier molecular flexibility index (Phi) is 4.09. The van der Waals surface area contributed by atoms with Crippen molar-refractivity contribution >= 4 is 11.7 Å². The molecule has 1 aliphatic carbocycles. The average Bonchev–Trinajstić information content (AvgIpc) is 3.32. The molecule has 4 rings (SSSR count). The first kappa shape index (κ1) is 16.0. The summed E-state index contributed by atoms with van der Waals surface area (Å²) in [4.78, 5) is 20.4. The molecule has 1 atom stereocenters. The zero-order valence-electron chi connectivity index (χ0n) is 13.6. The topological polar surface area (TPSA) is 73.3 Å². The van der Waals surface area contributed by atoms with Gasteiger partial charge in [0.1, 0.15) is 17.4 Å². The van der Waals surface area contributed by atoms with Crippen LogP contribution in [0.25, 0.3) is 0 Å². The summed E-state index contributed by atoms with van der Waals surface area (Å²) >= 11 is 0. The number of amides is 1. The van der Waals surface area contributed by atoms with Crippen molar-refractivity contribution in [2.45, 2.75) is 19.3 Å². The lowest BCUT2D eigenvalue weighted by atomic mass is 9.93. The van der Waals surface area contributed by atoms with E-state index < -0.39 is 5.82 Å². The Bertz CT molecular complexity index is 758. The molecule has 0 bridgehead atoms. The Morgan fingerprint density at radius 3 is 2.72 bits per heavy atom. The first-order valence-corrected chi connectivity index (χ1v) is 8.29. The van der Waals surface area contributed by atoms with Crippen LogP contribution in [-0.2, 0) is 9.53 Å². The minimum Gasteiger partial charge on any atom is -0.437 e. The summed E-state index contributed by atoms with van der Waals surface area (Å²) in [7, 11) is 0. The third-order valence-corrected chi connectivity index (χ3v) is 4.91. The van der Waals surface area contributed by atoms with E-state index in [9.17, 15) is 9.18 Å². The molecule has 0 aromatic carbocycles. The van der Waals surface area contributed by atoms with E-state index >= 15 is 0 Å². The number of nitrogens with zero attached hydrogens (tertiary/aromatic N) is 2. The molecule has 1 N–H and O–H groups in total. The number of hydrogen-bond donors (Lipinski definition) is 1. The normalized spacial score (nSPS) is 20.9.